The highest BCUT2D eigenvalue weighted by Gasteiger charge is 2.15. The minimum absolute atomic E-state index is 0.0385. The number of ether oxygens (including phenoxy) is 1. The zero-order valence-corrected chi connectivity index (χ0v) is 15.7. The molecule has 0 bridgehead atoms. The molecule has 0 amide bonds. The van der Waals surface area contributed by atoms with Crippen LogP contribution >= 0.6 is 0 Å². The summed E-state index contributed by atoms with van der Waals surface area (Å²) in [5.74, 6) is 0.752. The molecule has 0 saturated heterocycles. The minimum Gasteiger partial charge on any atom is -0.496 e. The van der Waals surface area contributed by atoms with Crippen LogP contribution in [0.2, 0.25) is 0 Å². The first kappa shape index (κ1) is 17.1. The normalized spacial score (nSPS) is 10.9. The summed E-state index contributed by atoms with van der Waals surface area (Å²) in [6, 6.07) is 23.8. The zero-order valence-electron chi connectivity index (χ0n) is 15.7. The summed E-state index contributed by atoms with van der Waals surface area (Å²) in [5.41, 5.74) is 5.52. The molecule has 0 aliphatic carbocycles. The van der Waals surface area contributed by atoms with E-state index in [0.717, 1.165) is 39.0 Å². The van der Waals surface area contributed by atoms with Gasteiger partial charge in [0, 0.05) is 16.6 Å². The molecule has 3 aromatic carbocycles. The lowest BCUT2D eigenvalue weighted by Crippen LogP contribution is -2.20. The van der Waals surface area contributed by atoms with Crippen molar-refractivity contribution in [2.45, 2.75) is 13.8 Å². The van der Waals surface area contributed by atoms with Crippen LogP contribution in [0.25, 0.3) is 27.7 Å². The van der Waals surface area contributed by atoms with Crippen molar-refractivity contribution in [3.05, 3.63) is 94.3 Å². The zero-order chi connectivity index (χ0) is 19.0. The Kier molecular flexibility index (Phi) is 4.28. The molecule has 0 unspecified atom stereocenters. The van der Waals surface area contributed by atoms with Gasteiger partial charge in [-0.1, -0.05) is 53.6 Å². The van der Waals surface area contributed by atoms with Gasteiger partial charge in [0.25, 0.3) is 5.56 Å². The third-order valence-corrected chi connectivity index (χ3v) is 4.88. The first-order valence-electron chi connectivity index (χ1n) is 8.95. The van der Waals surface area contributed by atoms with E-state index in [0.29, 0.717) is 5.56 Å². The number of pyridine rings is 1. The van der Waals surface area contributed by atoms with Gasteiger partial charge in [0.05, 0.1) is 12.6 Å². The van der Waals surface area contributed by atoms with Crippen LogP contribution in [0, 0.1) is 13.8 Å². The number of aryl methyl sites for hydroxylation is 2. The molecular weight excluding hydrogens is 334 g/mol. The van der Waals surface area contributed by atoms with Crippen molar-refractivity contribution in [3.63, 3.8) is 0 Å². The average Bonchev–Trinajstić information content (AvgIpc) is 2.69. The third kappa shape index (κ3) is 3.02. The van der Waals surface area contributed by atoms with Gasteiger partial charge >= 0.3 is 0 Å². The van der Waals surface area contributed by atoms with Gasteiger partial charge in [0.1, 0.15) is 5.75 Å². The van der Waals surface area contributed by atoms with Crippen molar-refractivity contribution >= 4 is 10.9 Å². The third-order valence-electron chi connectivity index (χ3n) is 4.88. The second kappa shape index (κ2) is 6.76. The maximum atomic E-state index is 13.5. The first-order valence-corrected chi connectivity index (χ1v) is 8.95. The summed E-state index contributed by atoms with van der Waals surface area (Å²) >= 11 is 0. The lowest BCUT2D eigenvalue weighted by atomic mass is 10.0. The Bertz CT molecular complexity index is 1170. The van der Waals surface area contributed by atoms with Gasteiger partial charge in [0.15, 0.2) is 0 Å². The molecule has 27 heavy (non-hydrogen) atoms. The number of fused-ring (bicyclic) bond motifs is 1. The summed E-state index contributed by atoms with van der Waals surface area (Å²) in [4.78, 5) is 13.5. The van der Waals surface area contributed by atoms with Gasteiger partial charge in [-0.05, 0) is 49.7 Å². The van der Waals surface area contributed by atoms with Gasteiger partial charge in [-0.3, -0.25) is 9.36 Å². The minimum atomic E-state index is -0.0385. The molecule has 0 aliphatic heterocycles. The Labute approximate surface area is 158 Å². The molecule has 0 aliphatic rings. The topological polar surface area (TPSA) is 31.2 Å². The fourth-order valence-electron chi connectivity index (χ4n) is 3.38. The number of rotatable bonds is 3. The first-order chi connectivity index (χ1) is 13.1. The van der Waals surface area contributed by atoms with E-state index >= 15 is 0 Å². The Hall–Kier alpha value is -3.33. The molecular formula is C24H21NO2. The van der Waals surface area contributed by atoms with Crippen molar-refractivity contribution in [2.24, 2.45) is 0 Å². The lowest BCUT2D eigenvalue weighted by molar-refractivity contribution is 0.419. The predicted molar refractivity (Wildman–Crippen MR) is 111 cm³/mol. The molecule has 0 atom stereocenters. The number of hydrogen-bond acceptors (Lipinski definition) is 2. The van der Waals surface area contributed by atoms with Crippen molar-refractivity contribution < 1.29 is 4.74 Å². The molecule has 1 heterocycles. The van der Waals surface area contributed by atoms with Crippen LogP contribution in [0.4, 0.5) is 0 Å². The molecule has 3 nitrogen and oxygen atoms in total. The number of benzene rings is 3. The van der Waals surface area contributed by atoms with E-state index in [1.807, 2.05) is 86.6 Å². The fourth-order valence-corrected chi connectivity index (χ4v) is 3.38. The van der Waals surface area contributed by atoms with Crippen molar-refractivity contribution in [1.82, 2.24) is 4.57 Å². The van der Waals surface area contributed by atoms with Gasteiger partial charge in [0.2, 0.25) is 0 Å². The van der Waals surface area contributed by atoms with E-state index < -0.39 is 0 Å². The monoisotopic (exact) mass is 355 g/mol. The summed E-state index contributed by atoms with van der Waals surface area (Å²) < 4.78 is 7.34. The summed E-state index contributed by atoms with van der Waals surface area (Å²) in [5, 5.41) is 0.913. The molecule has 0 radical (unpaired) electrons. The van der Waals surface area contributed by atoms with Crippen molar-refractivity contribution in [3.8, 4) is 22.6 Å². The molecule has 0 saturated carbocycles. The van der Waals surface area contributed by atoms with E-state index in [9.17, 15) is 4.79 Å². The number of nitrogens with zero attached hydrogens (tertiary/aromatic N) is 1. The molecule has 3 heteroatoms. The predicted octanol–water partition coefficient (Wildman–Crippen LogP) is 5.28. The van der Waals surface area contributed by atoms with Crippen LogP contribution in [0.15, 0.2) is 77.6 Å². The largest absolute Gasteiger partial charge is 0.496 e. The molecule has 0 N–H and O–H groups in total. The van der Waals surface area contributed by atoms with Crippen molar-refractivity contribution in [1.29, 1.82) is 0 Å². The second-order valence-electron chi connectivity index (χ2n) is 6.79. The van der Waals surface area contributed by atoms with Crippen LogP contribution in [-0.4, -0.2) is 11.7 Å². The van der Waals surface area contributed by atoms with Crippen LogP contribution in [0.5, 0.6) is 5.75 Å². The molecule has 0 fully saturated rings. The molecule has 0 spiro atoms. The number of hydrogen-bond donors (Lipinski definition) is 0. The number of aromatic nitrogens is 1. The fraction of sp³-hybridized carbons (Fsp3) is 0.125. The lowest BCUT2D eigenvalue weighted by Gasteiger charge is -2.15. The van der Waals surface area contributed by atoms with Crippen LogP contribution < -0.4 is 10.3 Å². The van der Waals surface area contributed by atoms with Crippen LogP contribution in [-0.2, 0) is 0 Å². The van der Waals surface area contributed by atoms with Gasteiger partial charge in [-0.25, -0.2) is 0 Å². The quantitative estimate of drug-likeness (QED) is 0.500. The summed E-state index contributed by atoms with van der Waals surface area (Å²) in [6.07, 6.45) is 0. The van der Waals surface area contributed by atoms with Crippen LogP contribution in [0.3, 0.4) is 0 Å². The van der Waals surface area contributed by atoms with E-state index in [2.05, 4.69) is 0 Å². The van der Waals surface area contributed by atoms with Crippen molar-refractivity contribution in [2.75, 3.05) is 7.11 Å². The standard InChI is InChI=1S/C24H21NO2/c1-16-7-11-18(12-8-16)20-15-21-22(5-4-6-23(21)27-3)25(24(20)26)19-13-9-17(2)10-14-19/h4-15H,1-3H3. The Morgan fingerprint density at radius 2 is 1.44 bits per heavy atom. The highest BCUT2D eigenvalue weighted by molar-refractivity contribution is 5.90. The maximum absolute atomic E-state index is 13.5. The van der Waals surface area contributed by atoms with Gasteiger partial charge in [-0.2, -0.15) is 0 Å². The summed E-state index contributed by atoms with van der Waals surface area (Å²) in [7, 11) is 1.65. The van der Waals surface area contributed by atoms with E-state index in [1.54, 1.807) is 11.7 Å². The Balaban J connectivity index is 2.11. The highest BCUT2D eigenvalue weighted by atomic mass is 16.5. The van der Waals surface area contributed by atoms with E-state index in [-0.39, 0.29) is 5.56 Å². The molecule has 134 valence electrons. The van der Waals surface area contributed by atoms with E-state index in [1.165, 1.54) is 0 Å². The molecule has 4 rings (SSSR count). The Morgan fingerprint density at radius 3 is 2.07 bits per heavy atom. The number of methoxy groups -OCH3 is 1. The molecule has 1 aromatic heterocycles. The highest BCUT2D eigenvalue weighted by Crippen LogP contribution is 2.30. The van der Waals surface area contributed by atoms with Gasteiger partial charge in [-0.15, -0.1) is 0 Å². The van der Waals surface area contributed by atoms with Gasteiger partial charge < -0.3 is 4.74 Å². The second-order valence-corrected chi connectivity index (χ2v) is 6.79. The smallest absolute Gasteiger partial charge is 0.263 e. The van der Waals surface area contributed by atoms with E-state index in [4.69, 9.17) is 4.74 Å². The maximum Gasteiger partial charge on any atom is 0.263 e. The SMILES string of the molecule is COc1cccc2c1cc(-c1ccc(C)cc1)c(=O)n2-c1ccc(C)cc1. The van der Waals surface area contributed by atoms with Crippen LogP contribution in [0.1, 0.15) is 11.1 Å². The Morgan fingerprint density at radius 1 is 0.815 bits per heavy atom. The molecule has 4 aromatic rings. The summed E-state index contributed by atoms with van der Waals surface area (Å²) in [6.45, 7) is 4.08. The average molecular weight is 355 g/mol.